The Kier molecular flexibility index (Phi) is 4.78. The second kappa shape index (κ2) is 6.85. The molecule has 0 fully saturated rings. The van der Waals surface area contributed by atoms with E-state index in [1.165, 1.54) is 6.07 Å². The van der Waals surface area contributed by atoms with Gasteiger partial charge in [-0.1, -0.05) is 29.8 Å². The Balaban J connectivity index is 1.65. The molecule has 0 unspecified atom stereocenters. The van der Waals surface area contributed by atoms with Crippen molar-refractivity contribution >= 4 is 44.7 Å². The van der Waals surface area contributed by atoms with Gasteiger partial charge in [0.05, 0.1) is 5.69 Å². The minimum Gasteiger partial charge on any atom is -0.342 e. The lowest BCUT2D eigenvalue weighted by Gasteiger charge is -2.17. The van der Waals surface area contributed by atoms with Crippen LogP contribution in [0.5, 0.6) is 0 Å². The van der Waals surface area contributed by atoms with Gasteiger partial charge in [-0.3, -0.25) is 4.79 Å². The van der Waals surface area contributed by atoms with Crippen molar-refractivity contribution in [3.8, 4) is 0 Å². The summed E-state index contributed by atoms with van der Waals surface area (Å²) in [6.07, 6.45) is 0.272. The zero-order chi connectivity index (χ0) is 18.0. The molecule has 1 aliphatic rings. The number of nitrogens with zero attached hydrogens (tertiary/aromatic N) is 1. The molecule has 1 heterocycles. The second-order valence-corrected chi connectivity index (χ2v) is 7.63. The van der Waals surface area contributed by atoms with Gasteiger partial charge in [-0.15, -0.1) is 4.40 Å². The predicted molar refractivity (Wildman–Crippen MR) is 98.7 cm³/mol. The number of benzene rings is 2. The van der Waals surface area contributed by atoms with E-state index in [0.717, 1.165) is 5.56 Å². The molecule has 2 N–H and O–H groups in total. The maximum atomic E-state index is 12.1. The maximum absolute atomic E-state index is 12.1. The van der Waals surface area contributed by atoms with Crippen LogP contribution >= 0.6 is 11.6 Å². The molecule has 1 aliphatic heterocycles. The molecule has 0 aromatic heterocycles. The molecular weight excluding hydrogens is 362 g/mol. The molecule has 0 radical (unpaired) electrons. The molecular formula is C17H16ClN3O3S. The second-order valence-electron chi connectivity index (χ2n) is 5.65. The van der Waals surface area contributed by atoms with Crippen molar-refractivity contribution in [2.45, 2.75) is 24.7 Å². The molecule has 2 aromatic carbocycles. The largest absolute Gasteiger partial charge is 0.342 e. The number of amidine groups is 1. The third-order valence-electron chi connectivity index (χ3n) is 3.72. The van der Waals surface area contributed by atoms with Crippen molar-refractivity contribution in [3.63, 3.8) is 0 Å². The average Bonchev–Trinajstić information content (AvgIpc) is 2.56. The number of halogens is 1. The quantitative estimate of drug-likeness (QED) is 0.852. The molecule has 0 aliphatic carbocycles. The summed E-state index contributed by atoms with van der Waals surface area (Å²) in [7, 11) is -3.73. The van der Waals surface area contributed by atoms with Crippen molar-refractivity contribution in [2.75, 3.05) is 10.6 Å². The van der Waals surface area contributed by atoms with Crippen molar-refractivity contribution in [3.05, 3.63) is 53.1 Å². The summed E-state index contributed by atoms with van der Waals surface area (Å²) in [5.74, 6) is -0.00327. The third-order valence-corrected chi connectivity index (χ3v) is 5.50. The minimum atomic E-state index is -3.73. The molecule has 2 aromatic rings. The SMILES string of the molecule is Cc1ccc(NC(=O)CCC2=NS(=O)(=O)c3ccccc3N2)cc1Cl. The number of anilines is 2. The van der Waals surface area contributed by atoms with Gasteiger partial charge in [0.15, 0.2) is 0 Å². The number of nitrogens with one attached hydrogen (secondary N) is 2. The van der Waals surface area contributed by atoms with Gasteiger partial charge in [0.1, 0.15) is 10.7 Å². The molecule has 0 atom stereocenters. The third kappa shape index (κ3) is 4.00. The van der Waals surface area contributed by atoms with E-state index < -0.39 is 10.0 Å². The van der Waals surface area contributed by atoms with Gasteiger partial charge >= 0.3 is 0 Å². The standard InChI is InChI=1S/C17H16ClN3O3S/c1-11-6-7-12(10-13(11)18)19-17(22)9-8-16-20-14-4-2-3-5-15(14)25(23,24)21-16/h2-7,10H,8-9H2,1H3,(H,19,22)(H,20,21). The number of amides is 1. The van der Waals surface area contributed by atoms with Crippen LogP contribution in [0.15, 0.2) is 51.8 Å². The van der Waals surface area contributed by atoms with Crippen LogP contribution in [0.4, 0.5) is 11.4 Å². The molecule has 8 heteroatoms. The zero-order valence-electron chi connectivity index (χ0n) is 13.4. The first kappa shape index (κ1) is 17.4. The highest BCUT2D eigenvalue weighted by Gasteiger charge is 2.24. The van der Waals surface area contributed by atoms with E-state index >= 15 is 0 Å². The van der Waals surface area contributed by atoms with E-state index in [1.54, 1.807) is 30.3 Å². The Hall–Kier alpha value is -2.38. The summed E-state index contributed by atoms with van der Waals surface area (Å²) in [5.41, 5.74) is 1.99. The number of carbonyl (C=O) groups is 1. The highest BCUT2D eigenvalue weighted by Crippen LogP contribution is 2.27. The molecule has 0 saturated heterocycles. The number of carbonyl (C=O) groups excluding carboxylic acids is 1. The molecule has 3 rings (SSSR count). The molecule has 0 spiro atoms. The highest BCUT2D eigenvalue weighted by atomic mass is 35.5. The summed E-state index contributed by atoms with van der Waals surface area (Å²) in [6, 6.07) is 11.8. The summed E-state index contributed by atoms with van der Waals surface area (Å²) in [4.78, 5) is 12.2. The van der Waals surface area contributed by atoms with Crippen LogP contribution in [0.1, 0.15) is 18.4 Å². The molecule has 130 valence electrons. The van der Waals surface area contributed by atoms with Gasteiger partial charge < -0.3 is 10.6 Å². The summed E-state index contributed by atoms with van der Waals surface area (Å²) < 4.78 is 28.0. The molecule has 0 bridgehead atoms. The van der Waals surface area contributed by atoms with E-state index in [1.807, 2.05) is 13.0 Å². The van der Waals surface area contributed by atoms with Crippen LogP contribution in [-0.4, -0.2) is 20.2 Å². The van der Waals surface area contributed by atoms with Crippen molar-refractivity contribution in [2.24, 2.45) is 4.40 Å². The van der Waals surface area contributed by atoms with Gasteiger partial charge in [0.25, 0.3) is 10.0 Å². The number of sulfonamides is 1. The maximum Gasteiger partial charge on any atom is 0.286 e. The van der Waals surface area contributed by atoms with Gasteiger partial charge in [-0.25, -0.2) is 0 Å². The monoisotopic (exact) mass is 377 g/mol. The van der Waals surface area contributed by atoms with Gasteiger partial charge in [0, 0.05) is 23.6 Å². The Morgan fingerprint density at radius 2 is 2.00 bits per heavy atom. The van der Waals surface area contributed by atoms with Crippen LogP contribution in [-0.2, 0) is 14.8 Å². The van der Waals surface area contributed by atoms with Crippen molar-refractivity contribution < 1.29 is 13.2 Å². The number of para-hydroxylation sites is 1. The van der Waals surface area contributed by atoms with Crippen LogP contribution in [0, 0.1) is 6.92 Å². The fraction of sp³-hybridized carbons (Fsp3) is 0.176. The lowest BCUT2D eigenvalue weighted by atomic mass is 10.2. The van der Waals surface area contributed by atoms with Crippen LogP contribution in [0.3, 0.4) is 0 Å². The summed E-state index contributed by atoms with van der Waals surface area (Å²) in [5, 5.41) is 6.26. The number of hydrogen-bond donors (Lipinski definition) is 2. The normalized spacial score (nSPS) is 14.9. The fourth-order valence-corrected chi connectivity index (χ4v) is 3.76. The van der Waals surface area contributed by atoms with E-state index in [4.69, 9.17) is 11.6 Å². The number of fused-ring (bicyclic) bond motifs is 1. The number of rotatable bonds is 4. The fourth-order valence-electron chi connectivity index (χ4n) is 2.40. The van der Waals surface area contributed by atoms with Gasteiger partial charge in [-0.2, -0.15) is 8.42 Å². The van der Waals surface area contributed by atoms with Crippen molar-refractivity contribution in [1.29, 1.82) is 0 Å². The van der Waals surface area contributed by atoms with Gasteiger partial charge in [0.2, 0.25) is 5.91 Å². The Labute approximate surface area is 151 Å². The molecule has 6 nitrogen and oxygen atoms in total. The summed E-state index contributed by atoms with van der Waals surface area (Å²) >= 11 is 6.03. The van der Waals surface area contributed by atoms with E-state index in [-0.39, 0.29) is 29.5 Å². The number of hydrogen-bond acceptors (Lipinski definition) is 4. The van der Waals surface area contributed by atoms with E-state index in [2.05, 4.69) is 15.0 Å². The topological polar surface area (TPSA) is 87.6 Å². The summed E-state index contributed by atoms with van der Waals surface area (Å²) in [6.45, 7) is 1.87. The average molecular weight is 378 g/mol. The first-order chi connectivity index (χ1) is 11.8. The molecule has 1 amide bonds. The van der Waals surface area contributed by atoms with Crippen LogP contribution < -0.4 is 10.6 Å². The Morgan fingerprint density at radius 3 is 2.76 bits per heavy atom. The highest BCUT2D eigenvalue weighted by molar-refractivity contribution is 7.90. The smallest absolute Gasteiger partial charge is 0.286 e. The minimum absolute atomic E-state index is 0.0923. The number of aryl methyl sites for hydroxylation is 1. The Morgan fingerprint density at radius 1 is 1.24 bits per heavy atom. The van der Waals surface area contributed by atoms with E-state index in [9.17, 15) is 13.2 Å². The molecule has 25 heavy (non-hydrogen) atoms. The lowest BCUT2D eigenvalue weighted by Crippen LogP contribution is -2.23. The Bertz CT molecular complexity index is 971. The van der Waals surface area contributed by atoms with Crippen LogP contribution in [0.25, 0.3) is 0 Å². The zero-order valence-corrected chi connectivity index (χ0v) is 15.0. The first-order valence-corrected chi connectivity index (χ1v) is 9.43. The lowest BCUT2D eigenvalue weighted by molar-refractivity contribution is -0.116. The van der Waals surface area contributed by atoms with Crippen molar-refractivity contribution in [1.82, 2.24) is 0 Å². The van der Waals surface area contributed by atoms with E-state index in [0.29, 0.717) is 16.4 Å². The van der Waals surface area contributed by atoms with Gasteiger partial charge in [-0.05, 0) is 36.8 Å². The first-order valence-electron chi connectivity index (χ1n) is 7.61. The molecule has 0 saturated carbocycles. The predicted octanol–water partition coefficient (Wildman–Crippen LogP) is 3.58. The van der Waals surface area contributed by atoms with Crippen LogP contribution in [0.2, 0.25) is 5.02 Å².